The van der Waals surface area contributed by atoms with E-state index in [1.165, 1.54) is 29.3 Å². The van der Waals surface area contributed by atoms with E-state index >= 15 is 0 Å². The van der Waals surface area contributed by atoms with Gasteiger partial charge in [-0.15, -0.1) is 0 Å². The third-order valence-corrected chi connectivity index (χ3v) is 13.4. The second-order valence-corrected chi connectivity index (χ2v) is 20.7. The number of rotatable bonds is 20. The molecule has 1 aromatic heterocycles. The van der Waals surface area contributed by atoms with Gasteiger partial charge < -0.3 is 40.0 Å². The highest BCUT2D eigenvalue weighted by Crippen LogP contribution is 2.39. The molecule has 0 aliphatic carbocycles. The molecule has 2 atom stereocenters. The van der Waals surface area contributed by atoms with Crippen molar-refractivity contribution < 1.29 is 42.1 Å². The number of amides is 2. The maximum atomic E-state index is 14.4. The zero-order valence-corrected chi connectivity index (χ0v) is 38.6. The van der Waals surface area contributed by atoms with Crippen molar-refractivity contribution in [3.8, 4) is 17.0 Å². The molecule has 0 radical (unpaired) electrons. The molecule has 1 saturated heterocycles. The van der Waals surface area contributed by atoms with Crippen LogP contribution in [0, 0.1) is 0 Å². The van der Waals surface area contributed by atoms with Crippen LogP contribution in [0.25, 0.3) is 11.3 Å². The summed E-state index contributed by atoms with van der Waals surface area (Å²) in [5.74, 6) is -1.11. The third-order valence-electron chi connectivity index (χ3n) is 10.9. The minimum Gasteiger partial charge on any atom is -0.505 e. The maximum Gasteiger partial charge on any atom is 0.410 e. The van der Waals surface area contributed by atoms with Crippen molar-refractivity contribution in [2.45, 2.75) is 140 Å². The minimum atomic E-state index is -3.88. The van der Waals surface area contributed by atoms with Crippen LogP contribution < -0.4 is 11.1 Å². The number of benzene rings is 3. The fraction of sp³-hybridized carbons (Fsp3) is 0.500. The second kappa shape index (κ2) is 21.5. The van der Waals surface area contributed by atoms with Crippen molar-refractivity contribution in [1.82, 2.24) is 14.9 Å². The van der Waals surface area contributed by atoms with Gasteiger partial charge in [0.15, 0.2) is 27.6 Å². The van der Waals surface area contributed by atoms with Crippen LogP contribution in [0.3, 0.4) is 0 Å². The van der Waals surface area contributed by atoms with E-state index < -0.39 is 37.8 Å². The number of hydrogen-bond donors (Lipinski definition) is 3. The van der Waals surface area contributed by atoms with E-state index in [4.69, 9.17) is 24.7 Å². The first-order valence-corrected chi connectivity index (χ1v) is 23.2. The van der Waals surface area contributed by atoms with Crippen molar-refractivity contribution >= 4 is 33.3 Å². The highest BCUT2D eigenvalue weighted by molar-refractivity contribution is 7.92. The first kappa shape index (κ1) is 48.9. The number of anilines is 2. The molecule has 5 rings (SSSR count). The number of ether oxygens (including phenoxy) is 4. The number of nitrogens with zero attached hydrogens (tertiary/aromatic N) is 3. The SMILES string of the molecule is CN(Cc1cccc(NC(=O)c2nc(-c3ccc(S(=O)(=O)C(C)(C)CC(C)(CCCCCCOCc4ccccc4)OC4CCCCO4)cc3)cnc2N)c1O)C(=O)OC(C)(C)C. The summed E-state index contributed by atoms with van der Waals surface area (Å²) in [6.07, 6.45) is 7.91. The molecule has 1 fully saturated rings. The van der Waals surface area contributed by atoms with Gasteiger partial charge in [0.05, 0.1) is 46.0 Å². The topological polar surface area (TPSA) is 192 Å². The first-order chi connectivity index (χ1) is 29.8. The standard InChI is InChI=1S/C48H65N5O9S/c1-46(2,3)62-45(56)53(7)31-36-20-17-21-38(42(36)54)52-44(55)41-43(49)50-30-39(51-41)35-23-25-37(26-24-35)63(57,58)47(4,5)33-48(6,61-40-22-13-16-29-60-40)27-14-8-9-15-28-59-32-34-18-11-10-12-19-34/h10-12,17-21,23-26,30,40,54H,8-9,13-16,22,27-29,31-33H2,1-7H3,(H2,49,50)(H,52,55). The molecule has 4 aromatic rings. The van der Waals surface area contributed by atoms with Gasteiger partial charge in [-0.3, -0.25) is 4.79 Å². The Morgan fingerprint density at radius 2 is 1.65 bits per heavy atom. The molecule has 0 saturated carbocycles. The fourth-order valence-electron chi connectivity index (χ4n) is 7.62. The molecule has 1 aliphatic heterocycles. The number of carbonyl (C=O) groups excluding carboxylic acids is 2. The van der Waals surface area contributed by atoms with E-state index in [0.717, 1.165) is 50.5 Å². The lowest BCUT2D eigenvalue weighted by molar-refractivity contribution is -0.225. The molecule has 14 nitrogen and oxygen atoms in total. The van der Waals surface area contributed by atoms with Crippen molar-refractivity contribution in [3.63, 3.8) is 0 Å². The Balaban J connectivity index is 1.23. The number of nitrogens with one attached hydrogen (secondary N) is 1. The Kier molecular flexibility index (Phi) is 16.7. The molecule has 63 heavy (non-hydrogen) atoms. The number of unbranched alkanes of at least 4 members (excludes halogenated alkanes) is 3. The zero-order valence-electron chi connectivity index (χ0n) is 37.8. The molecule has 0 bridgehead atoms. The number of aromatic hydroxyl groups is 1. The van der Waals surface area contributed by atoms with Crippen molar-refractivity contribution in [2.75, 3.05) is 31.3 Å². The lowest BCUT2D eigenvalue weighted by atomic mass is 9.88. The summed E-state index contributed by atoms with van der Waals surface area (Å²) >= 11 is 0. The highest BCUT2D eigenvalue weighted by atomic mass is 32.2. The lowest BCUT2D eigenvalue weighted by Crippen LogP contribution is -2.45. The van der Waals surface area contributed by atoms with Gasteiger partial charge in [0.2, 0.25) is 0 Å². The molecular formula is C48H65N5O9S. The molecule has 15 heteroatoms. The normalized spacial score (nSPS) is 15.6. The average Bonchev–Trinajstić information content (AvgIpc) is 3.23. The predicted molar refractivity (Wildman–Crippen MR) is 244 cm³/mol. The van der Waals surface area contributed by atoms with Gasteiger partial charge in [0, 0.05) is 31.4 Å². The third kappa shape index (κ3) is 13.9. The number of nitrogen functional groups attached to an aromatic ring is 1. The van der Waals surface area contributed by atoms with E-state index in [-0.39, 0.29) is 52.8 Å². The Morgan fingerprint density at radius 3 is 2.33 bits per heavy atom. The fourth-order valence-corrected chi connectivity index (χ4v) is 9.24. The largest absolute Gasteiger partial charge is 0.505 e. The Labute approximate surface area is 372 Å². The van der Waals surface area contributed by atoms with E-state index in [0.29, 0.717) is 37.4 Å². The Morgan fingerprint density at radius 1 is 0.937 bits per heavy atom. The molecule has 1 aliphatic rings. The van der Waals surface area contributed by atoms with Crippen molar-refractivity contribution in [1.29, 1.82) is 0 Å². The lowest BCUT2D eigenvalue weighted by Gasteiger charge is -2.40. The van der Waals surface area contributed by atoms with Crippen LogP contribution in [0.1, 0.15) is 121 Å². The number of para-hydroxylation sites is 1. The summed E-state index contributed by atoms with van der Waals surface area (Å²) < 4.78 is 51.4. The Bertz CT molecular complexity index is 2240. The van der Waals surface area contributed by atoms with Gasteiger partial charge in [0.1, 0.15) is 11.4 Å². The summed E-state index contributed by atoms with van der Waals surface area (Å²) in [7, 11) is -2.34. The minimum absolute atomic E-state index is 0.0142. The van der Waals surface area contributed by atoms with E-state index in [1.54, 1.807) is 65.9 Å². The molecule has 2 amide bonds. The number of aromatic nitrogens is 2. The first-order valence-electron chi connectivity index (χ1n) is 21.7. The zero-order chi connectivity index (χ0) is 45.8. The maximum absolute atomic E-state index is 14.4. The molecular weight excluding hydrogens is 823 g/mol. The monoisotopic (exact) mass is 887 g/mol. The van der Waals surface area contributed by atoms with E-state index in [2.05, 4.69) is 27.4 Å². The summed E-state index contributed by atoms with van der Waals surface area (Å²) in [5, 5.41) is 13.7. The summed E-state index contributed by atoms with van der Waals surface area (Å²) in [6.45, 7) is 12.7. The van der Waals surface area contributed by atoms with Crippen LogP contribution in [0.4, 0.5) is 16.3 Å². The number of carbonyl (C=O) groups is 2. The summed E-state index contributed by atoms with van der Waals surface area (Å²) in [4.78, 5) is 36.1. The molecule has 3 aromatic carbocycles. The number of sulfone groups is 1. The second-order valence-electron chi connectivity index (χ2n) is 18.1. The van der Waals surface area contributed by atoms with Crippen LogP contribution in [0.15, 0.2) is 83.9 Å². The highest BCUT2D eigenvalue weighted by Gasteiger charge is 2.44. The van der Waals surface area contributed by atoms with Crippen molar-refractivity contribution in [2.24, 2.45) is 0 Å². The Hall–Kier alpha value is -5.09. The van der Waals surface area contributed by atoms with Gasteiger partial charge >= 0.3 is 6.09 Å². The van der Waals surface area contributed by atoms with Gasteiger partial charge in [-0.05, 0) is 104 Å². The van der Waals surface area contributed by atoms with Gasteiger partial charge in [-0.2, -0.15) is 0 Å². The van der Waals surface area contributed by atoms with Crippen LogP contribution in [-0.2, 0) is 41.9 Å². The molecule has 2 unspecified atom stereocenters. The van der Waals surface area contributed by atoms with Gasteiger partial charge in [0.25, 0.3) is 5.91 Å². The van der Waals surface area contributed by atoms with Gasteiger partial charge in [-0.1, -0.05) is 73.9 Å². The van der Waals surface area contributed by atoms with E-state index in [9.17, 15) is 23.1 Å². The smallest absolute Gasteiger partial charge is 0.410 e. The van der Waals surface area contributed by atoms with Crippen LogP contribution in [0.5, 0.6) is 5.75 Å². The van der Waals surface area contributed by atoms with Crippen molar-refractivity contribution in [3.05, 3.63) is 95.8 Å². The van der Waals surface area contributed by atoms with Crippen LogP contribution in [0.2, 0.25) is 0 Å². The molecule has 0 spiro atoms. The van der Waals surface area contributed by atoms with E-state index in [1.807, 2.05) is 25.1 Å². The number of phenols is 1. The average molecular weight is 888 g/mol. The summed E-state index contributed by atoms with van der Waals surface area (Å²) in [6, 6.07) is 21.2. The van der Waals surface area contributed by atoms with Crippen LogP contribution in [-0.4, -0.2) is 82.9 Å². The molecule has 4 N–H and O–H groups in total. The van der Waals surface area contributed by atoms with Gasteiger partial charge in [-0.25, -0.2) is 23.2 Å². The van der Waals surface area contributed by atoms with Crippen LogP contribution >= 0.6 is 0 Å². The number of hydrogen-bond acceptors (Lipinski definition) is 12. The number of nitrogens with two attached hydrogens (primary N) is 1. The number of phenolic OH excluding ortho intramolecular Hbond substituents is 1. The molecule has 2 heterocycles. The quantitative estimate of drug-likeness (QED) is 0.0563. The molecule has 342 valence electrons. The summed E-state index contributed by atoms with van der Waals surface area (Å²) in [5.41, 5.74) is 6.85. The predicted octanol–water partition coefficient (Wildman–Crippen LogP) is 9.46.